The molecule has 0 N–H and O–H groups in total. The number of pyridine rings is 1. The Morgan fingerprint density at radius 1 is 1.00 bits per heavy atom. The molecule has 0 aliphatic heterocycles. The summed E-state index contributed by atoms with van der Waals surface area (Å²) in [5, 5.41) is 0. The molecule has 0 bridgehead atoms. The van der Waals surface area contributed by atoms with Crippen LogP contribution in [0.4, 0.5) is 4.39 Å². The molecule has 0 spiro atoms. The summed E-state index contributed by atoms with van der Waals surface area (Å²) >= 11 is 0. The highest BCUT2D eigenvalue weighted by Gasteiger charge is 2.29. The number of allylic oxidation sites excluding steroid dienone is 2. The topological polar surface area (TPSA) is 47.0 Å². The van der Waals surface area contributed by atoms with Gasteiger partial charge < -0.3 is 0 Å². The second kappa shape index (κ2) is 5.05. The molecule has 2 aromatic rings. The third-order valence-corrected chi connectivity index (χ3v) is 3.65. The van der Waals surface area contributed by atoms with Crippen LogP contribution >= 0.6 is 0 Å². The highest BCUT2D eigenvalue weighted by molar-refractivity contribution is 6.26. The van der Waals surface area contributed by atoms with Crippen molar-refractivity contribution in [1.29, 1.82) is 0 Å². The van der Waals surface area contributed by atoms with E-state index in [9.17, 15) is 14.0 Å². The van der Waals surface area contributed by atoms with Crippen LogP contribution in [0.25, 0.3) is 0 Å². The first-order valence-corrected chi connectivity index (χ1v) is 6.56. The highest BCUT2D eigenvalue weighted by atomic mass is 19.1. The smallest absolute Gasteiger partial charge is 0.212 e. The van der Waals surface area contributed by atoms with Gasteiger partial charge in [-0.3, -0.25) is 9.59 Å². The molecule has 0 saturated heterocycles. The molecule has 0 unspecified atom stereocenters. The van der Waals surface area contributed by atoms with E-state index in [1.807, 2.05) is 0 Å². The molecule has 1 aliphatic rings. The molecule has 1 aromatic carbocycles. The van der Waals surface area contributed by atoms with E-state index in [1.54, 1.807) is 37.3 Å². The number of fused-ring (bicyclic) bond motifs is 1. The van der Waals surface area contributed by atoms with E-state index in [1.165, 1.54) is 12.3 Å². The molecular formula is C17H12FNO2. The van der Waals surface area contributed by atoms with Crippen molar-refractivity contribution >= 4 is 11.6 Å². The fraction of sp³-hybridized carbons (Fsp3) is 0.118. The number of benzene rings is 1. The van der Waals surface area contributed by atoms with E-state index in [4.69, 9.17) is 0 Å². The van der Waals surface area contributed by atoms with Crippen LogP contribution in [-0.4, -0.2) is 16.6 Å². The Morgan fingerprint density at radius 2 is 1.67 bits per heavy atom. The maximum Gasteiger partial charge on any atom is 0.212 e. The normalized spacial score (nSPS) is 14.4. The molecule has 1 heterocycles. The van der Waals surface area contributed by atoms with E-state index >= 15 is 0 Å². The lowest BCUT2D eigenvalue weighted by molar-refractivity contribution is 0.0973. The zero-order valence-corrected chi connectivity index (χ0v) is 11.4. The average molecular weight is 281 g/mol. The van der Waals surface area contributed by atoms with Crippen molar-refractivity contribution in [2.75, 3.05) is 0 Å². The minimum atomic E-state index is -0.569. The van der Waals surface area contributed by atoms with Crippen LogP contribution in [0.3, 0.4) is 0 Å². The van der Waals surface area contributed by atoms with Crippen LogP contribution in [0.2, 0.25) is 0 Å². The van der Waals surface area contributed by atoms with Crippen molar-refractivity contribution in [2.24, 2.45) is 0 Å². The Labute approximate surface area is 121 Å². The SMILES string of the molecule is CC1=C(Cc2ccc(F)nc2)C(=O)c2ccccc2C1=O. The summed E-state index contributed by atoms with van der Waals surface area (Å²) in [4.78, 5) is 28.4. The minimum Gasteiger partial charge on any atom is -0.289 e. The van der Waals surface area contributed by atoms with E-state index in [0.29, 0.717) is 27.8 Å². The van der Waals surface area contributed by atoms with Gasteiger partial charge in [0.2, 0.25) is 5.95 Å². The largest absolute Gasteiger partial charge is 0.289 e. The summed E-state index contributed by atoms with van der Waals surface area (Å²) < 4.78 is 12.8. The number of carbonyl (C=O) groups excluding carboxylic acids is 2. The first-order chi connectivity index (χ1) is 10.1. The molecule has 3 nitrogen and oxygen atoms in total. The Bertz CT molecular complexity index is 776. The molecule has 0 saturated carbocycles. The molecule has 104 valence electrons. The zero-order chi connectivity index (χ0) is 15.0. The number of nitrogens with zero attached hydrogens (tertiary/aromatic N) is 1. The lowest BCUT2D eigenvalue weighted by Gasteiger charge is -2.18. The van der Waals surface area contributed by atoms with Crippen molar-refractivity contribution in [3.8, 4) is 0 Å². The summed E-state index contributed by atoms with van der Waals surface area (Å²) in [6.45, 7) is 1.66. The van der Waals surface area contributed by atoms with E-state index in [-0.39, 0.29) is 18.0 Å². The molecule has 0 radical (unpaired) electrons. The third-order valence-electron chi connectivity index (χ3n) is 3.65. The number of carbonyl (C=O) groups is 2. The number of aromatic nitrogens is 1. The van der Waals surface area contributed by atoms with E-state index in [2.05, 4.69) is 4.98 Å². The van der Waals surface area contributed by atoms with Crippen LogP contribution in [0.15, 0.2) is 53.7 Å². The summed E-state index contributed by atoms with van der Waals surface area (Å²) in [7, 11) is 0. The summed E-state index contributed by atoms with van der Waals surface area (Å²) in [5.41, 5.74) is 2.47. The van der Waals surface area contributed by atoms with Crippen molar-refractivity contribution in [2.45, 2.75) is 13.3 Å². The summed E-state index contributed by atoms with van der Waals surface area (Å²) in [5.74, 6) is -0.844. The van der Waals surface area contributed by atoms with Crippen LogP contribution in [0.5, 0.6) is 0 Å². The van der Waals surface area contributed by atoms with Crippen molar-refractivity contribution in [3.05, 3.63) is 76.4 Å². The molecular weight excluding hydrogens is 269 g/mol. The van der Waals surface area contributed by atoms with Crippen LogP contribution in [0, 0.1) is 5.95 Å². The first kappa shape index (κ1) is 13.4. The zero-order valence-electron chi connectivity index (χ0n) is 11.4. The van der Waals surface area contributed by atoms with Gasteiger partial charge in [-0.25, -0.2) is 4.98 Å². The maximum atomic E-state index is 12.8. The number of Topliss-reactive ketones (excluding diaryl/α,β-unsaturated/α-hetero) is 2. The molecule has 3 rings (SSSR count). The number of hydrogen-bond donors (Lipinski definition) is 0. The second-order valence-electron chi connectivity index (χ2n) is 4.97. The van der Waals surface area contributed by atoms with Crippen LogP contribution < -0.4 is 0 Å². The van der Waals surface area contributed by atoms with Gasteiger partial charge in [0.25, 0.3) is 0 Å². The van der Waals surface area contributed by atoms with Gasteiger partial charge >= 0.3 is 0 Å². The molecule has 1 aromatic heterocycles. The number of rotatable bonds is 2. The van der Waals surface area contributed by atoms with E-state index < -0.39 is 5.95 Å². The van der Waals surface area contributed by atoms with Crippen LogP contribution in [0.1, 0.15) is 33.2 Å². The summed E-state index contributed by atoms with van der Waals surface area (Å²) in [6, 6.07) is 9.61. The molecule has 0 amide bonds. The van der Waals surface area contributed by atoms with E-state index in [0.717, 1.165) is 0 Å². The maximum absolute atomic E-state index is 12.8. The molecule has 4 heteroatoms. The first-order valence-electron chi connectivity index (χ1n) is 6.56. The fourth-order valence-electron chi connectivity index (χ4n) is 2.48. The lowest BCUT2D eigenvalue weighted by atomic mass is 9.82. The van der Waals surface area contributed by atoms with Gasteiger partial charge in [-0.1, -0.05) is 30.3 Å². The van der Waals surface area contributed by atoms with Crippen molar-refractivity contribution in [3.63, 3.8) is 0 Å². The van der Waals surface area contributed by atoms with Gasteiger partial charge in [-0.2, -0.15) is 4.39 Å². The Balaban J connectivity index is 2.02. The van der Waals surface area contributed by atoms with Gasteiger partial charge in [-0.05, 0) is 18.6 Å². The lowest BCUT2D eigenvalue weighted by Crippen LogP contribution is -2.22. The predicted molar refractivity (Wildman–Crippen MR) is 75.7 cm³/mol. The van der Waals surface area contributed by atoms with Crippen LogP contribution in [-0.2, 0) is 6.42 Å². The van der Waals surface area contributed by atoms with Gasteiger partial charge in [0, 0.05) is 34.9 Å². The predicted octanol–water partition coefficient (Wildman–Crippen LogP) is 3.16. The molecule has 0 atom stereocenters. The second-order valence-corrected chi connectivity index (χ2v) is 4.97. The third kappa shape index (κ3) is 2.29. The number of halogens is 1. The Hall–Kier alpha value is -2.62. The molecule has 1 aliphatic carbocycles. The van der Waals surface area contributed by atoms with Crippen molar-refractivity contribution in [1.82, 2.24) is 4.98 Å². The monoisotopic (exact) mass is 281 g/mol. The Kier molecular flexibility index (Phi) is 3.22. The quantitative estimate of drug-likeness (QED) is 0.794. The standard InChI is InChI=1S/C17H12FNO2/c1-10-14(8-11-6-7-15(18)19-9-11)17(21)13-5-3-2-4-12(13)16(10)20/h2-7,9H,8H2,1H3. The van der Waals surface area contributed by atoms with Crippen molar-refractivity contribution < 1.29 is 14.0 Å². The highest BCUT2D eigenvalue weighted by Crippen LogP contribution is 2.28. The molecule has 0 fully saturated rings. The van der Waals surface area contributed by atoms with Gasteiger partial charge in [-0.15, -0.1) is 0 Å². The Morgan fingerprint density at radius 3 is 2.29 bits per heavy atom. The van der Waals surface area contributed by atoms with Gasteiger partial charge in [0.05, 0.1) is 0 Å². The fourth-order valence-corrected chi connectivity index (χ4v) is 2.48. The van der Waals surface area contributed by atoms with Gasteiger partial charge in [0.15, 0.2) is 11.6 Å². The molecule has 21 heavy (non-hydrogen) atoms. The minimum absolute atomic E-state index is 0.129. The average Bonchev–Trinajstić information content (AvgIpc) is 2.51. The number of ketones is 2. The summed E-state index contributed by atoms with van der Waals surface area (Å²) in [6.07, 6.45) is 1.66. The number of hydrogen-bond acceptors (Lipinski definition) is 3. The van der Waals surface area contributed by atoms with Gasteiger partial charge in [0.1, 0.15) is 0 Å².